The monoisotopic (exact) mass is 430 g/mol. The molecule has 0 saturated heterocycles. The Balaban J connectivity index is 1.42. The van der Waals surface area contributed by atoms with Crippen molar-refractivity contribution in [3.63, 3.8) is 0 Å². The van der Waals surface area contributed by atoms with Crippen LogP contribution in [-0.4, -0.2) is 33.7 Å². The number of carbonyl (C=O) groups excluding carboxylic acids is 1. The predicted molar refractivity (Wildman–Crippen MR) is 108 cm³/mol. The average Bonchev–Trinajstić information content (AvgIpc) is 3.09. The second kappa shape index (κ2) is 10.2. The third-order valence-electron chi connectivity index (χ3n) is 4.03. The van der Waals surface area contributed by atoms with Gasteiger partial charge in [0.15, 0.2) is 4.34 Å². The zero-order chi connectivity index (χ0) is 19.1. The lowest BCUT2D eigenvalue weighted by atomic mass is 9.96. The number of carbonyl (C=O) groups is 1. The summed E-state index contributed by atoms with van der Waals surface area (Å²) in [7, 11) is 0. The Labute approximate surface area is 169 Å². The molecule has 5 nitrogen and oxygen atoms in total. The van der Waals surface area contributed by atoms with Gasteiger partial charge in [0.25, 0.3) is 5.76 Å². The van der Waals surface area contributed by atoms with Gasteiger partial charge in [0, 0.05) is 16.6 Å². The first-order valence-electron chi connectivity index (χ1n) is 8.66. The van der Waals surface area contributed by atoms with Crippen molar-refractivity contribution in [1.29, 1.82) is 0 Å². The van der Waals surface area contributed by atoms with E-state index in [1.165, 1.54) is 55.2 Å². The summed E-state index contributed by atoms with van der Waals surface area (Å²) in [4.78, 5) is 12.5. The smallest absolute Gasteiger partial charge is 0.288 e. The Morgan fingerprint density at radius 3 is 2.63 bits per heavy atom. The Morgan fingerprint density at radius 1 is 1.19 bits per heavy atom. The number of halogens is 2. The largest absolute Gasteiger partial charge is 0.357 e. The number of alkyl halides is 2. The molecule has 1 saturated carbocycles. The van der Waals surface area contributed by atoms with E-state index in [4.69, 9.17) is 0 Å². The maximum atomic E-state index is 12.3. The van der Waals surface area contributed by atoms with Crippen LogP contribution in [0.1, 0.15) is 32.1 Å². The predicted octanol–water partition coefficient (Wildman–Crippen LogP) is 5.33. The van der Waals surface area contributed by atoms with Gasteiger partial charge in [-0.05, 0) is 37.1 Å². The SMILES string of the molecule is O=C(CSc1nnc(NC2CCCCC2)s1)Nc1ccc(SC(F)F)cc1. The number of anilines is 2. The van der Waals surface area contributed by atoms with Crippen LogP contribution < -0.4 is 10.6 Å². The van der Waals surface area contributed by atoms with Crippen molar-refractivity contribution in [3.05, 3.63) is 24.3 Å². The Morgan fingerprint density at radius 2 is 1.93 bits per heavy atom. The van der Waals surface area contributed by atoms with Crippen LogP contribution in [0.2, 0.25) is 0 Å². The third kappa shape index (κ3) is 6.93. The molecule has 1 aliphatic rings. The highest BCUT2D eigenvalue weighted by molar-refractivity contribution is 8.01. The Bertz CT molecular complexity index is 736. The highest BCUT2D eigenvalue weighted by Gasteiger charge is 2.15. The van der Waals surface area contributed by atoms with Crippen LogP contribution in [-0.2, 0) is 4.79 Å². The van der Waals surface area contributed by atoms with E-state index in [1.807, 2.05) is 0 Å². The van der Waals surface area contributed by atoms with Crippen LogP contribution >= 0.6 is 34.9 Å². The molecule has 1 aliphatic carbocycles. The molecule has 1 heterocycles. The van der Waals surface area contributed by atoms with Crippen LogP contribution in [0, 0.1) is 0 Å². The molecule has 3 rings (SSSR count). The number of hydrogen-bond acceptors (Lipinski definition) is 7. The van der Waals surface area contributed by atoms with Gasteiger partial charge in [-0.3, -0.25) is 4.79 Å². The van der Waals surface area contributed by atoms with Crippen molar-refractivity contribution < 1.29 is 13.6 Å². The van der Waals surface area contributed by atoms with Crippen molar-refractivity contribution in [2.75, 3.05) is 16.4 Å². The molecule has 1 aromatic heterocycles. The summed E-state index contributed by atoms with van der Waals surface area (Å²) in [6.45, 7) is 0. The van der Waals surface area contributed by atoms with E-state index in [0.29, 0.717) is 28.4 Å². The number of hydrogen-bond donors (Lipinski definition) is 2. The fourth-order valence-electron chi connectivity index (χ4n) is 2.79. The second-order valence-corrected chi connectivity index (χ2v) is 9.36. The maximum absolute atomic E-state index is 12.3. The van der Waals surface area contributed by atoms with Crippen LogP contribution in [0.5, 0.6) is 0 Å². The van der Waals surface area contributed by atoms with E-state index >= 15 is 0 Å². The molecule has 146 valence electrons. The van der Waals surface area contributed by atoms with E-state index in [2.05, 4.69) is 20.8 Å². The lowest BCUT2D eigenvalue weighted by Crippen LogP contribution is -2.21. The topological polar surface area (TPSA) is 66.9 Å². The summed E-state index contributed by atoms with van der Waals surface area (Å²) in [5.74, 6) is -2.41. The second-order valence-electron chi connectivity index (χ2n) is 6.09. The summed E-state index contributed by atoms with van der Waals surface area (Å²) in [5, 5.41) is 15.2. The van der Waals surface area contributed by atoms with Crippen LogP contribution in [0.4, 0.5) is 19.6 Å². The minimum Gasteiger partial charge on any atom is -0.357 e. The first kappa shape index (κ1) is 20.3. The molecule has 2 aromatic rings. The molecule has 0 radical (unpaired) electrons. The fraction of sp³-hybridized carbons (Fsp3) is 0.471. The molecule has 0 aliphatic heterocycles. The maximum Gasteiger partial charge on any atom is 0.288 e. The number of benzene rings is 1. The van der Waals surface area contributed by atoms with Crippen molar-refractivity contribution >= 4 is 51.6 Å². The van der Waals surface area contributed by atoms with Crippen molar-refractivity contribution in [2.24, 2.45) is 0 Å². The molecule has 0 atom stereocenters. The molecule has 0 spiro atoms. The van der Waals surface area contributed by atoms with Gasteiger partial charge in [0.05, 0.1) is 5.75 Å². The van der Waals surface area contributed by atoms with Gasteiger partial charge in [-0.15, -0.1) is 10.2 Å². The first-order valence-corrected chi connectivity index (χ1v) is 11.3. The van der Waals surface area contributed by atoms with Crippen molar-refractivity contribution in [1.82, 2.24) is 10.2 Å². The van der Waals surface area contributed by atoms with Gasteiger partial charge < -0.3 is 10.6 Å². The van der Waals surface area contributed by atoms with Gasteiger partial charge in [-0.2, -0.15) is 8.78 Å². The average molecular weight is 431 g/mol. The number of thioether (sulfide) groups is 2. The standard InChI is InChI=1S/C17H20F2N4OS3/c18-15(19)26-13-8-6-12(7-9-13)20-14(24)10-25-17-23-22-16(27-17)21-11-4-2-1-3-5-11/h6-9,11,15H,1-5,10H2,(H,20,24)(H,21,22). The summed E-state index contributed by atoms with van der Waals surface area (Å²) in [6.07, 6.45) is 6.14. The Kier molecular flexibility index (Phi) is 7.71. The molecule has 10 heteroatoms. The summed E-state index contributed by atoms with van der Waals surface area (Å²) in [6, 6.07) is 6.83. The summed E-state index contributed by atoms with van der Waals surface area (Å²) in [5.41, 5.74) is 0.580. The van der Waals surface area contributed by atoms with E-state index in [-0.39, 0.29) is 11.7 Å². The van der Waals surface area contributed by atoms with Gasteiger partial charge >= 0.3 is 0 Å². The van der Waals surface area contributed by atoms with Crippen LogP contribution in [0.15, 0.2) is 33.5 Å². The van der Waals surface area contributed by atoms with Gasteiger partial charge in [0.1, 0.15) is 0 Å². The lowest BCUT2D eigenvalue weighted by Gasteiger charge is -2.21. The molecule has 27 heavy (non-hydrogen) atoms. The molecular formula is C17H20F2N4OS3. The highest BCUT2D eigenvalue weighted by Crippen LogP contribution is 2.29. The van der Waals surface area contributed by atoms with Gasteiger partial charge in [-0.25, -0.2) is 0 Å². The minimum absolute atomic E-state index is 0.175. The summed E-state index contributed by atoms with van der Waals surface area (Å²) < 4.78 is 25.3. The normalized spacial score (nSPS) is 15.1. The molecular weight excluding hydrogens is 410 g/mol. The minimum atomic E-state index is -2.45. The van der Waals surface area contributed by atoms with Crippen LogP contribution in [0.25, 0.3) is 0 Å². The molecule has 1 aromatic carbocycles. The van der Waals surface area contributed by atoms with E-state index in [9.17, 15) is 13.6 Å². The molecule has 1 fully saturated rings. The van der Waals surface area contributed by atoms with Crippen molar-refractivity contribution in [2.45, 2.75) is 53.1 Å². The fourth-order valence-corrected chi connectivity index (χ4v) is 4.92. The van der Waals surface area contributed by atoms with E-state index in [1.54, 1.807) is 24.3 Å². The Hall–Kier alpha value is -1.39. The van der Waals surface area contributed by atoms with E-state index < -0.39 is 5.76 Å². The number of amides is 1. The lowest BCUT2D eigenvalue weighted by molar-refractivity contribution is -0.113. The zero-order valence-corrected chi connectivity index (χ0v) is 16.9. The van der Waals surface area contributed by atoms with Crippen LogP contribution in [0.3, 0.4) is 0 Å². The zero-order valence-electron chi connectivity index (χ0n) is 14.5. The first-order chi connectivity index (χ1) is 13.1. The number of nitrogens with one attached hydrogen (secondary N) is 2. The molecule has 0 unspecified atom stereocenters. The molecule has 0 bridgehead atoms. The van der Waals surface area contributed by atoms with E-state index in [0.717, 1.165) is 9.47 Å². The van der Waals surface area contributed by atoms with Gasteiger partial charge in [0.2, 0.25) is 11.0 Å². The number of rotatable bonds is 8. The quantitative estimate of drug-likeness (QED) is 0.552. The third-order valence-corrected chi connectivity index (χ3v) is 6.74. The molecule has 2 N–H and O–H groups in total. The molecule has 1 amide bonds. The number of nitrogens with zero attached hydrogens (tertiary/aromatic N) is 2. The number of aromatic nitrogens is 2. The van der Waals surface area contributed by atoms with Crippen molar-refractivity contribution in [3.8, 4) is 0 Å². The summed E-state index contributed by atoms with van der Waals surface area (Å²) >= 11 is 3.27. The highest BCUT2D eigenvalue weighted by atomic mass is 32.2. The van der Waals surface area contributed by atoms with Gasteiger partial charge in [-0.1, -0.05) is 54.1 Å².